The quantitative estimate of drug-likeness (QED) is 0.0415. The number of ether oxygens (including phenoxy) is 3. The normalized spacial score (nSPS) is 13.4. The van der Waals surface area contributed by atoms with Crippen molar-refractivity contribution in [3.63, 3.8) is 0 Å². The third kappa shape index (κ3) is 20.8. The number of nitrogens with one attached hydrogen (secondary N) is 4. The van der Waals surface area contributed by atoms with Crippen LogP contribution in [0.15, 0.2) is 42.5 Å². The summed E-state index contributed by atoms with van der Waals surface area (Å²) in [5, 5.41) is 13.2. The third-order valence-electron chi connectivity index (χ3n) is 14.2. The minimum Gasteiger partial charge on any atom is -0.492 e. The lowest BCUT2D eigenvalue weighted by atomic mass is 9.98. The molecule has 0 aromatic heterocycles. The molecule has 0 saturated heterocycles. The van der Waals surface area contributed by atoms with E-state index in [2.05, 4.69) is 76.7 Å². The van der Waals surface area contributed by atoms with Crippen molar-refractivity contribution in [2.45, 2.75) is 204 Å². The van der Waals surface area contributed by atoms with Gasteiger partial charge in [-0.3, -0.25) is 19.2 Å². The van der Waals surface area contributed by atoms with Gasteiger partial charge in [0.25, 0.3) is 11.8 Å². The molecule has 0 aliphatic rings. The van der Waals surface area contributed by atoms with Crippen molar-refractivity contribution in [1.29, 1.82) is 0 Å². The molecule has 402 valence electrons. The van der Waals surface area contributed by atoms with Gasteiger partial charge in [-0.15, -0.1) is 0 Å². The van der Waals surface area contributed by atoms with Gasteiger partial charge in [0.1, 0.15) is 17.6 Å². The van der Waals surface area contributed by atoms with E-state index in [1.165, 1.54) is 6.07 Å². The molecule has 0 aliphatic heterocycles. The second-order valence-electron chi connectivity index (χ2n) is 20.0. The number of benzene rings is 3. The first-order valence-electron chi connectivity index (χ1n) is 28.2. The molecule has 0 spiro atoms. The summed E-state index contributed by atoms with van der Waals surface area (Å²) in [4.78, 5) is 69.2. The summed E-state index contributed by atoms with van der Waals surface area (Å²) in [5.74, 6) is -0.358. The number of carbonyl (C=O) groups is 5. The molecule has 3 aromatic rings. The first kappa shape index (κ1) is 61.2. The van der Waals surface area contributed by atoms with Crippen LogP contribution in [0.25, 0.3) is 10.8 Å². The highest BCUT2D eigenvalue weighted by molar-refractivity contribution is 6.07. The van der Waals surface area contributed by atoms with Crippen LogP contribution in [0.1, 0.15) is 229 Å². The lowest BCUT2D eigenvalue weighted by Gasteiger charge is -2.21. The summed E-state index contributed by atoms with van der Waals surface area (Å²) in [5.41, 5.74) is 1.45. The maximum absolute atomic E-state index is 14.3. The molecule has 0 aliphatic carbocycles. The Balaban J connectivity index is 2.04. The van der Waals surface area contributed by atoms with Gasteiger partial charge in [0.15, 0.2) is 0 Å². The molecule has 72 heavy (non-hydrogen) atoms. The van der Waals surface area contributed by atoms with Gasteiger partial charge < -0.3 is 35.5 Å². The Morgan fingerprint density at radius 3 is 1.46 bits per heavy atom. The number of carbonyl (C=O) groups excluding carboxylic acids is 5. The van der Waals surface area contributed by atoms with E-state index in [4.69, 9.17) is 14.2 Å². The number of fused-ring (bicyclic) bond motifs is 1. The minimum atomic E-state index is -0.548. The summed E-state index contributed by atoms with van der Waals surface area (Å²) >= 11 is 0. The fourth-order valence-corrected chi connectivity index (χ4v) is 8.95. The van der Waals surface area contributed by atoms with Gasteiger partial charge in [0.05, 0.1) is 36.4 Å². The smallest absolute Gasteiger partial charge is 0.338 e. The Bertz CT molecular complexity index is 2120. The Morgan fingerprint density at radius 1 is 0.486 bits per heavy atom. The van der Waals surface area contributed by atoms with Crippen LogP contribution < -0.4 is 30.7 Å². The molecule has 0 heterocycles. The lowest BCUT2D eigenvalue weighted by Crippen LogP contribution is -2.33. The number of rotatable bonds is 37. The highest BCUT2D eigenvalue weighted by Crippen LogP contribution is 2.34. The van der Waals surface area contributed by atoms with E-state index in [1.807, 2.05) is 26.0 Å². The van der Waals surface area contributed by atoms with Crippen molar-refractivity contribution >= 4 is 51.7 Å². The zero-order valence-corrected chi connectivity index (χ0v) is 46.2. The molecule has 4 amide bonds. The minimum absolute atomic E-state index is 0.156. The first-order chi connectivity index (χ1) is 34.8. The Kier molecular flexibility index (Phi) is 29.2. The van der Waals surface area contributed by atoms with E-state index in [-0.39, 0.29) is 46.6 Å². The van der Waals surface area contributed by atoms with E-state index >= 15 is 0 Å². The van der Waals surface area contributed by atoms with Crippen LogP contribution in [0.4, 0.5) is 11.4 Å². The van der Waals surface area contributed by atoms with Crippen molar-refractivity contribution in [2.24, 2.45) is 23.7 Å². The van der Waals surface area contributed by atoms with Gasteiger partial charge in [-0.1, -0.05) is 153 Å². The molecule has 0 fully saturated rings. The standard InChI is InChI=1S/C60H94N4O8/c1-11-21-26-42(16-6)38-61-58(67)52-33-46-34-53(55(71-41-44(18-8)28-23-13-3)36-47(46)35-54(52)70-40-43(17-7)27-22-12-2)59(68)62-39-56(65)63-49-31-48(60(69)72-51(20-10)30-25-15-5)32-50(37-49)64-57(66)45(19-9)29-24-14-4/h31-37,42-45,51H,11-30,38-41H2,1-10H3,(H,61,67)(H,62,68)(H,63,65)(H,64,66). The predicted molar refractivity (Wildman–Crippen MR) is 296 cm³/mol. The first-order valence-corrected chi connectivity index (χ1v) is 28.2. The average molecular weight is 999 g/mol. The third-order valence-corrected chi connectivity index (χ3v) is 14.2. The van der Waals surface area contributed by atoms with Crippen LogP contribution in [-0.2, 0) is 14.3 Å². The molecule has 5 atom stereocenters. The maximum atomic E-state index is 14.3. The number of amides is 4. The monoisotopic (exact) mass is 999 g/mol. The van der Waals surface area contributed by atoms with Gasteiger partial charge >= 0.3 is 5.97 Å². The fourth-order valence-electron chi connectivity index (χ4n) is 8.95. The van der Waals surface area contributed by atoms with Crippen LogP contribution in [0.3, 0.4) is 0 Å². The second kappa shape index (κ2) is 34.3. The Hall–Kier alpha value is -5.13. The maximum Gasteiger partial charge on any atom is 0.338 e. The number of hydrogen-bond acceptors (Lipinski definition) is 8. The highest BCUT2D eigenvalue weighted by atomic mass is 16.5. The fraction of sp³-hybridized carbons (Fsp3) is 0.650. The van der Waals surface area contributed by atoms with Gasteiger partial charge in [0.2, 0.25) is 11.8 Å². The number of anilines is 2. The lowest BCUT2D eigenvalue weighted by molar-refractivity contribution is -0.120. The van der Waals surface area contributed by atoms with Gasteiger partial charge in [-0.25, -0.2) is 4.79 Å². The van der Waals surface area contributed by atoms with Gasteiger partial charge in [0, 0.05) is 23.8 Å². The SMILES string of the molecule is CCCCC(CC)CNC(=O)c1cc2cc(C(=O)NCC(=O)Nc3cc(NC(=O)C(CC)CCCC)cc(C(=O)OC(CC)CCCC)c3)c(OCC(CC)CCCC)cc2cc1OCC(CC)CCCC. The van der Waals surface area contributed by atoms with Crippen molar-refractivity contribution in [2.75, 3.05) is 36.9 Å². The van der Waals surface area contributed by atoms with Crippen LogP contribution in [0.5, 0.6) is 11.5 Å². The average Bonchev–Trinajstić information content (AvgIpc) is 3.38. The predicted octanol–water partition coefficient (Wildman–Crippen LogP) is 14.6. The van der Waals surface area contributed by atoms with E-state index in [0.29, 0.717) is 72.6 Å². The summed E-state index contributed by atoms with van der Waals surface area (Å²) in [6.07, 6.45) is 18.8. The van der Waals surface area contributed by atoms with E-state index in [1.54, 1.807) is 24.3 Å². The second-order valence-corrected chi connectivity index (χ2v) is 20.0. The van der Waals surface area contributed by atoms with Crippen molar-refractivity contribution < 1.29 is 38.2 Å². The van der Waals surface area contributed by atoms with Crippen molar-refractivity contribution in [3.8, 4) is 11.5 Å². The number of esters is 1. The topological polar surface area (TPSA) is 161 Å². The Labute approximate surface area is 434 Å². The number of hydrogen-bond donors (Lipinski definition) is 4. The summed E-state index contributed by atoms with van der Waals surface area (Å²) in [6, 6.07) is 12.0. The molecular weight excluding hydrogens is 905 g/mol. The zero-order valence-electron chi connectivity index (χ0n) is 46.2. The van der Waals surface area contributed by atoms with Crippen molar-refractivity contribution in [1.82, 2.24) is 10.6 Å². The molecule has 4 N–H and O–H groups in total. The summed E-state index contributed by atoms with van der Waals surface area (Å²) < 4.78 is 19.0. The van der Waals surface area contributed by atoms with E-state index in [9.17, 15) is 24.0 Å². The van der Waals surface area contributed by atoms with Crippen LogP contribution in [-0.4, -0.2) is 62.0 Å². The number of unbranched alkanes of at least 4 members (excludes halogenated alkanes) is 5. The van der Waals surface area contributed by atoms with Crippen LogP contribution >= 0.6 is 0 Å². The molecule has 0 saturated carbocycles. The molecule has 3 rings (SSSR count). The summed E-state index contributed by atoms with van der Waals surface area (Å²) in [7, 11) is 0. The van der Waals surface area contributed by atoms with Gasteiger partial charge in [-0.2, -0.15) is 0 Å². The van der Waals surface area contributed by atoms with E-state index < -0.39 is 24.3 Å². The largest absolute Gasteiger partial charge is 0.492 e. The van der Waals surface area contributed by atoms with Gasteiger partial charge in [-0.05, 0) is 116 Å². The van der Waals surface area contributed by atoms with Crippen LogP contribution in [0.2, 0.25) is 0 Å². The molecule has 12 nitrogen and oxygen atoms in total. The molecule has 0 bridgehead atoms. The molecule has 12 heteroatoms. The molecular formula is C60H94N4O8. The molecule has 0 radical (unpaired) electrons. The Morgan fingerprint density at radius 2 is 0.958 bits per heavy atom. The molecule has 5 unspecified atom stereocenters. The van der Waals surface area contributed by atoms with E-state index in [0.717, 1.165) is 121 Å². The zero-order chi connectivity index (χ0) is 52.8. The summed E-state index contributed by atoms with van der Waals surface area (Å²) in [6.45, 7) is 22.2. The van der Waals surface area contributed by atoms with Crippen LogP contribution in [0, 0.1) is 23.7 Å². The molecule has 3 aromatic carbocycles. The van der Waals surface area contributed by atoms with Crippen molar-refractivity contribution in [3.05, 3.63) is 59.2 Å². The highest BCUT2D eigenvalue weighted by Gasteiger charge is 2.24.